The Hall–Kier alpha value is -3.29. The fourth-order valence-corrected chi connectivity index (χ4v) is 2.06. The van der Waals surface area contributed by atoms with E-state index in [0.717, 1.165) is 0 Å². The van der Waals surface area contributed by atoms with Crippen LogP contribution in [0.5, 0.6) is 11.5 Å². The molecule has 0 aliphatic rings. The minimum absolute atomic E-state index is 0.00975. The van der Waals surface area contributed by atoms with Crippen LogP contribution < -0.4 is 20.1 Å². The van der Waals surface area contributed by atoms with Crippen LogP contribution in [0.3, 0.4) is 0 Å². The molecule has 0 bridgehead atoms. The predicted octanol–water partition coefficient (Wildman–Crippen LogP) is 2.21. The molecule has 132 valence electrons. The van der Waals surface area contributed by atoms with Gasteiger partial charge >= 0.3 is 0 Å². The van der Waals surface area contributed by atoms with Gasteiger partial charge in [0.25, 0.3) is 5.69 Å². The number of carbonyl (C=O) groups is 1. The molecule has 25 heavy (non-hydrogen) atoms. The average Bonchev–Trinajstić information content (AvgIpc) is 2.64. The number of nitro groups is 1. The van der Waals surface area contributed by atoms with Crippen LogP contribution in [0.4, 0.5) is 11.4 Å². The molecule has 2 N–H and O–H groups in total. The molecule has 0 aliphatic heterocycles. The van der Waals surface area contributed by atoms with Gasteiger partial charge in [-0.05, 0) is 18.2 Å². The van der Waals surface area contributed by atoms with Crippen molar-refractivity contribution >= 4 is 17.3 Å². The largest absolute Gasteiger partial charge is 0.493 e. The summed E-state index contributed by atoms with van der Waals surface area (Å²) in [5.74, 6) is 0.991. The third kappa shape index (κ3) is 5.69. The van der Waals surface area contributed by atoms with Crippen molar-refractivity contribution < 1.29 is 19.2 Å². The normalized spacial score (nSPS) is 9.96. The predicted molar refractivity (Wildman–Crippen MR) is 93.1 cm³/mol. The number of benzene rings is 2. The van der Waals surface area contributed by atoms with Crippen LogP contribution in [0.1, 0.15) is 0 Å². The van der Waals surface area contributed by atoms with E-state index in [9.17, 15) is 14.9 Å². The van der Waals surface area contributed by atoms with Gasteiger partial charge in [0, 0.05) is 17.8 Å². The molecule has 0 unspecified atom stereocenters. The lowest BCUT2D eigenvalue weighted by molar-refractivity contribution is -0.384. The molecule has 0 aromatic heterocycles. The molecular weight excluding hydrogens is 326 g/mol. The van der Waals surface area contributed by atoms with E-state index in [4.69, 9.17) is 9.47 Å². The minimum Gasteiger partial charge on any atom is -0.493 e. The molecule has 0 fully saturated rings. The minimum atomic E-state index is -0.486. The molecule has 0 spiro atoms. The third-order valence-corrected chi connectivity index (χ3v) is 3.26. The quantitative estimate of drug-likeness (QED) is 0.410. The van der Waals surface area contributed by atoms with E-state index in [1.165, 1.54) is 12.1 Å². The first-order valence-electron chi connectivity index (χ1n) is 7.61. The smallest absolute Gasteiger partial charge is 0.271 e. The van der Waals surface area contributed by atoms with Gasteiger partial charge in [-0.3, -0.25) is 14.9 Å². The van der Waals surface area contributed by atoms with Crippen LogP contribution in [-0.2, 0) is 4.79 Å². The highest BCUT2D eigenvalue weighted by Gasteiger charge is 2.07. The molecule has 2 rings (SSSR count). The fraction of sp³-hybridized carbons (Fsp3) is 0.235. The summed E-state index contributed by atoms with van der Waals surface area (Å²) in [6.07, 6.45) is 0. The van der Waals surface area contributed by atoms with Crippen molar-refractivity contribution in [3.05, 3.63) is 58.6 Å². The van der Waals surface area contributed by atoms with Crippen LogP contribution in [0.25, 0.3) is 0 Å². The van der Waals surface area contributed by atoms with Gasteiger partial charge in [-0.25, -0.2) is 0 Å². The second-order valence-electron chi connectivity index (χ2n) is 5.01. The zero-order valence-corrected chi connectivity index (χ0v) is 13.7. The summed E-state index contributed by atoms with van der Waals surface area (Å²) in [5.41, 5.74) is 0.477. The SMILES string of the molecule is COc1ccccc1OCCNC(=O)CNc1cccc([N+](=O)[O-])c1. The highest BCUT2D eigenvalue weighted by molar-refractivity contribution is 5.80. The molecule has 0 saturated carbocycles. The van der Waals surface area contributed by atoms with E-state index < -0.39 is 4.92 Å². The molecule has 8 heteroatoms. The zero-order chi connectivity index (χ0) is 18.1. The summed E-state index contributed by atoms with van der Waals surface area (Å²) < 4.78 is 10.7. The van der Waals surface area contributed by atoms with E-state index in [1.807, 2.05) is 12.1 Å². The van der Waals surface area contributed by atoms with Crippen LogP contribution in [-0.4, -0.2) is 37.6 Å². The Kier molecular flexibility index (Phi) is 6.58. The van der Waals surface area contributed by atoms with Gasteiger partial charge in [0.1, 0.15) is 6.61 Å². The zero-order valence-electron chi connectivity index (χ0n) is 13.7. The third-order valence-electron chi connectivity index (χ3n) is 3.26. The summed E-state index contributed by atoms with van der Waals surface area (Å²) in [6, 6.07) is 13.2. The van der Waals surface area contributed by atoms with Gasteiger partial charge < -0.3 is 20.1 Å². The standard InChI is InChI=1S/C17H19N3O5/c1-24-15-7-2-3-8-16(15)25-10-9-18-17(21)12-19-13-5-4-6-14(11-13)20(22)23/h2-8,11,19H,9-10,12H2,1H3,(H,18,21). The van der Waals surface area contributed by atoms with Crippen molar-refractivity contribution in [2.75, 3.05) is 32.1 Å². The number of hydrogen-bond donors (Lipinski definition) is 2. The number of anilines is 1. The topological polar surface area (TPSA) is 103 Å². The highest BCUT2D eigenvalue weighted by Crippen LogP contribution is 2.25. The van der Waals surface area contributed by atoms with Crippen LogP contribution in [0, 0.1) is 10.1 Å². The van der Waals surface area contributed by atoms with E-state index in [0.29, 0.717) is 30.3 Å². The molecule has 2 aromatic rings. The Bertz CT molecular complexity index is 736. The van der Waals surface area contributed by atoms with Gasteiger partial charge in [0.05, 0.1) is 25.1 Å². The number of rotatable bonds is 9. The molecule has 8 nitrogen and oxygen atoms in total. The van der Waals surface area contributed by atoms with E-state index >= 15 is 0 Å². The summed E-state index contributed by atoms with van der Waals surface area (Å²) in [4.78, 5) is 22.0. The lowest BCUT2D eigenvalue weighted by Gasteiger charge is -2.11. The van der Waals surface area contributed by atoms with Crippen molar-refractivity contribution in [1.29, 1.82) is 0 Å². The maximum atomic E-state index is 11.8. The number of para-hydroxylation sites is 2. The molecule has 0 radical (unpaired) electrons. The van der Waals surface area contributed by atoms with Crippen molar-refractivity contribution in [1.82, 2.24) is 5.32 Å². The van der Waals surface area contributed by atoms with E-state index in [1.54, 1.807) is 31.4 Å². The van der Waals surface area contributed by atoms with Crippen LogP contribution in [0.2, 0.25) is 0 Å². The first-order valence-corrected chi connectivity index (χ1v) is 7.61. The molecule has 0 aliphatic carbocycles. The lowest BCUT2D eigenvalue weighted by atomic mass is 10.3. The maximum Gasteiger partial charge on any atom is 0.271 e. The monoisotopic (exact) mass is 345 g/mol. The summed E-state index contributed by atoms with van der Waals surface area (Å²) >= 11 is 0. The molecule has 2 aromatic carbocycles. The van der Waals surface area contributed by atoms with Crippen LogP contribution in [0.15, 0.2) is 48.5 Å². The Morgan fingerprint density at radius 1 is 1.16 bits per heavy atom. The molecular formula is C17H19N3O5. The number of nitrogens with zero attached hydrogens (tertiary/aromatic N) is 1. The van der Waals surface area contributed by atoms with Crippen molar-refractivity contribution in [2.45, 2.75) is 0 Å². The molecule has 1 amide bonds. The summed E-state index contributed by atoms with van der Waals surface area (Å²) in [5, 5.41) is 16.2. The second kappa shape index (κ2) is 9.11. The van der Waals surface area contributed by atoms with Crippen molar-refractivity contribution in [2.24, 2.45) is 0 Å². The van der Waals surface area contributed by atoms with Gasteiger partial charge in [-0.15, -0.1) is 0 Å². The number of ether oxygens (including phenoxy) is 2. The number of carbonyl (C=O) groups excluding carboxylic acids is 1. The van der Waals surface area contributed by atoms with Crippen molar-refractivity contribution in [3.8, 4) is 11.5 Å². The summed E-state index contributed by atoms with van der Waals surface area (Å²) in [6.45, 7) is 0.631. The Morgan fingerprint density at radius 3 is 2.64 bits per heavy atom. The van der Waals surface area contributed by atoms with Crippen molar-refractivity contribution in [3.63, 3.8) is 0 Å². The second-order valence-corrected chi connectivity index (χ2v) is 5.01. The van der Waals surface area contributed by atoms with Gasteiger partial charge in [0.15, 0.2) is 11.5 Å². The number of methoxy groups -OCH3 is 1. The fourth-order valence-electron chi connectivity index (χ4n) is 2.06. The molecule has 0 atom stereocenters. The van der Waals surface area contributed by atoms with Gasteiger partial charge in [0.2, 0.25) is 5.91 Å². The highest BCUT2D eigenvalue weighted by atomic mass is 16.6. The average molecular weight is 345 g/mol. The lowest BCUT2D eigenvalue weighted by Crippen LogP contribution is -2.33. The molecule has 0 saturated heterocycles. The first-order chi connectivity index (χ1) is 12.1. The Morgan fingerprint density at radius 2 is 1.92 bits per heavy atom. The number of hydrogen-bond acceptors (Lipinski definition) is 6. The van der Waals surface area contributed by atoms with E-state index in [2.05, 4.69) is 10.6 Å². The maximum absolute atomic E-state index is 11.8. The number of amides is 1. The van der Waals surface area contributed by atoms with E-state index in [-0.39, 0.29) is 18.1 Å². The number of nitro benzene ring substituents is 1. The Balaban J connectivity index is 1.70. The molecule has 0 heterocycles. The van der Waals surface area contributed by atoms with Gasteiger partial charge in [-0.2, -0.15) is 0 Å². The first kappa shape index (κ1) is 18.1. The number of nitrogens with one attached hydrogen (secondary N) is 2. The van der Waals surface area contributed by atoms with Crippen LogP contribution >= 0.6 is 0 Å². The summed E-state index contributed by atoms with van der Waals surface area (Å²) in [7, 11) is 1.56. The Labute approximate surface area is 144 Å². The van der Waals surface area contributed by atoms with Gasteiger partial charge in [-0.1, -0.05) is 18.2 Å². The number of non-ortho nitro benzene ring substituents is 1.